The van der Waals surface area contributed by atoms with Crippen LogP contribution in [0.2, 0.25) is 0 Å². The van der Waals surface area contributed by atoms with Crippen LogP contribution in [0.25, 0.3) is 0 Å². The van der Waals surface area contributed by atoms with Crippen LogP contribution in [0, 0.1) is 16.2 Å². The van der Waals surface area contributed by atoms with Crippen LogP contribution in [0.15, 0.2) is 29.3 Å². The average Bonchev–Trinajstić information content (AvgIpc) is 2.97. The first kappa shape index (κ1) is 19.6. The molecule has 0 spiro atoms. The van der Waals surface area contributed by atoms with Crippen molar-refractivity contribution in [2.24, 2.45) is 21.2 Å². The molecule has 0 amide bonds. The molecule has 1 unspecified atom stereocenters. The summed E-state index contributed by atoms with van der Waals surface area (Å²) < 4.78 is 0. The fourth-order valence-corrected chi connectivity index (χ4v) is 4.53. The van der Waals surface area contributed by atoms with Crippen LogP contribution in [0.4, 0.5) is 5.69 Å². The minimum absolute atomic E-state index is 0. The third-order valence-corrected chi connectivity index (χ3v) is 6.77. The molecule has 0 saturated heterocycles. The van der Waals surface area contributed by atoms with Crippen LogP contribution in [-0.2, 0) is 16.0 Å². The third-order valence-electron chi connectivity index (χ3n) is 6.77. The van der Waals surface area contributed by atoms with Crippen LogP contribution < -0.4 is 0 Å². The number of hydrogen-bond donors (Lipinski definition) is 0. The summed E-state index contributed by atoms with van der Waals surface area (Å²) in [5.41, 5.74) is 1.62. The third kappa shape index (κ3) is 2.59. The topological polar surface area (TPSA) is 46.5 Å². The Labute approximate surface area is 151 Å². The molecule has 0 N–H and O–H groups in total. The summed E-state index contributed by atoms with van der Waals surface area (Å²) in [6, 6.07) is 8.07. The minimum atomic E-state index is -0.938. The standard InChI is InChI=1S/C21H27NO2.CH4/c1-6-17(23)21(18(24)13-19(2,3)20(21,4)5)12-15-11-14-9-7-8-10-16(14)22-15;/h7-10H,6,11-13H2,1-5H3;1H4. The summed E-state index contributed by atoms with van der Waals surface area (Å²) in [4.78, 5) is 30.9. The van der Waals surface area contributed by atoms with E-state index in [1.807, 2.05) is 25.1 Å². The summed E-state index contributed by atoms with van der Waals surface area (Å²) in [5.74, 6) is 0.171. The van der Waals surface area contributed by atoms with Crippen molar-refractivity contribution in [2.45, 2.75) is 67.7 Å². The van der Waals surface area contributed by atoms with Crippen molar-refractivity contribution in [3.63, 3.8) is 0 Å². The number of carbonyl (C=O) groups excluding carboxylic acids is 2. The Balaban J connectivity index is 0.00000225. The van der Waals surface area contributed by atoms with E-state index in [2.05, 4.69) is 33.8 Å². The van der Waals surface area contributed by atoms with Gasteiger partial charge in [0.25, 0.3) is 0 Å². The molecule has 3 nitrogen and oxygen atoms in total. The second-order valence-corrected chi connectivity index (χ2v) is 8.45. The van der Waals surface area contributed by atoms with Crippen LogP contribution in [0.5, 0.6) is 0 Å². The number of Topliss-reactive ketones (excluding diaryl/α,β-unsaturated/α-hetero) is 2. The Kier molecular flexibility index (Phi) is 4.84. The van der Waals surface area contributed by atoms with E-state index in [9.17, 15) is 9.59 Å². The molecule has 0 aromatic heterocycles. The molecule has 3 rings (SSSR count). The largest absolute Gasteiger partial charge is 0.299 e. The van der Waals surface area contributed by atoms with Gasteiger partial charge in [0.2, 0.25) is 0 Å². The maximum Gasteiger partial charge on any atom is 0.147 e. The van der Waals surface area contributed by atoms with Gasteiger partial charge in [-0.15, -0.1) is 0 Å². The molecule has 0 bridgehead atoms. The summed E-state index contributed by atoms with van der Waals surface area (Å²) in [6.45, 7) is 10.3. The van der Waals surface area contributed by atoms with Crippen LogP contribution >= 0.6 is 0 Å². The fourth-order valence-electron chi connectivity index (χ4n) is 4.53. The summed E-state index contributed by atoms with van der Waals surface area (Å²) in [7, 11) is 0. The second-order valence-electron chi connectivity index (χ2n) is 8.45. The van der Waals surface area contributed by atoms with Crippen molar-refractivity contribution in [2.75, 3.05) is 0 Å². The number of aliphatic imine (C=N–C) groups is 1. The van der Waals surface area contributed by atoms with E-state index in [0.29, 0.717) is 19.3 Å². The van der Waals surface area contributed by atoms with Crippen LogP contribution in [-0.4, -0.2) is 17.3 Å². The molecule has 1 aromatic rings. The maximum absolute atomic E-state index is 13.1. The van der Waals surface area contributed by atoms with Crippen molar-refractivity contribution in [1.29, 1.82) is 0 Å². The van der Waals surface area contributed by atoms with Gasteiger partial charge in [0.1, 0.15) is 11.6 Å². The molecule has 1 aliphatic carbocycles. The lowest BCUT2D eigenvalue weighted by Crippen LogP contribution is -2.50. The molecule has 1 aliphatic heterocycles. The van der Waals surface area contributed by atoms with Gasteiger partial charge in [0.15, 0.2) is 0 Å². The van der Waals surface area contributed by atoms with E-state index in [1.54, 1.807) is 0 Å². The highest BCUT2D eigenvalue weighted by molar-refractivity contribution is 6.13. The Hall–Kier alpha value is -1.77. The van der Waals surface area contributed by atoms with E-state index in [-0.39, 0.29) is 29.8 Å². The molecule has 0 radical (unpaired) electrons. The lowest BCUT2D eigenvalue weighted by molar-refractivity contribution is -0.144. The van der Waals surface area contributed by atoms with Crippen molar-refractivity contribution < 1.29 is 9.59 Å². The van der Waals surface area contributed by atoms with Gasteiger partial charge in [-0.05, 0) is 22.5 Å². The molecule has 1 fully saturated rings. The molecule has 1 saturated carbocycles. The Morgan fingerprint density at radius 3 is 2.32 bits per heavy atom. The molecule has 2 aliphatic rings. The normalized spacial score (nSPS) is 26.0. The predicted octanol–water partition coefficient (Wildman–Crippen LogP) is 5.33. The van der Waals surface area contributed by atoms with Crippen molar-refractivity contribution in [3.8, 4) is 0 Å². The van der Waals surface area contributed by atoms with Gasteiger partial charge in [-0.3, -0.25) is 14.6 Å². The first-order valence-electron chi connectivity index (χ1n) is 8.86. The highest BCUT2D eigenvalue weighted by Crippen LogP contribution is 2.63. The number of fused-ring (bicyclic) bond motifs is 1. The molecular weight excluding hydrogens is 310 g/mol. The minimum Gasteiger partial charge on any atom is -0.299 e. The zero-order chi connectivity index (χ0) is 17.8. The Morgan fingerprint density at radius 1 is 1.16 bits per heavy atom. The average molecular weight is 341 g/mol. The highest BCUT2D eigenvalue weighted by atomic mass is 16.2. The van der Waals surface area contributed by atoms with Gasteiger partial charge in [-0.2, -0.15) is 0 Å². The smallest absolute Gasteiger partial charge is 0.147 e. The van der Waals surface area contributed by atoms with Crippen LogP contribution in [0.1, 0.15) is 66.9 Å². The Bertz CT molecular complexity index is 742. The van der Waals surface area contributed by atoms with Gasteiger partial charge in [0, 0.05) is 31.4 Å². The van der Waals surface area contributed by atoms with E-state index in [4.69, 9.17) is 4.99 Å². The van der Waals surface area contributed by atoms with E-state index in [0.717, 1.165) is 17.8 Å². The van der Waals surface area contributed by atoms with Crippen LogP contribution in [0.3, 0.4) is 0 Å². The second kappa shape index (κ2) is 6.19. The highest BCUT2D eigenvalue weighted by Gasteiger charge is 2.66. The van der Waals surface area contributed by atoms with Gasteiger partial charge >= 0.3 is 0 Å². The molecular formula is C22H31NO2. The van der Waals surface area contributed by atoms with Gasteiger partial charge < -0.3 is 0 Å². The quantitative estimate of drug-likeness (QED) is 0.695. The number of hydrogen-bond acceptors (Lipinski definition) is 3. The molecule has 1 atom stereocenters. The number of nitrogens with zero attached hydrogens (tertiary/aromatic N) is 1. The predicted molar refractivity (Wildman–Crippen MR) is 104 cm³/mol. The zero-order valence-electron chi connectivity index (χ0n) is 15.4. The lowest BCUT2D eigenvalue weighted by Gasteiger charge is -2.45. The number of rotatable bonds is 4. The summed E-state index contributed by atoms with van der Waals surface area (Å²) in [6.07, 6.45) is 2.07. The summed E-state index contributed by atoms with van der Waals surface area (Å²) in [5, 5.41) is 0. The Morgan fingerprint density at radius 2 is 1.80 bits per heavy atom. The number of ketones is 2. The van der Waals surface area contributed by atoms with Crippen molar-refractivity contribution in [1.82, 2.24) is 0 Å². The molecule has 3 heteroatoms. The lowest BCUT2D eigenvalue weighted by atomic mass is 9.55. The first-order chi connectivity index (χ1) is 11.2. The SMILES string of the molecule is C.CCC(=O)C1(CC2=Nc3ccccc3C2)C(=O)CC(C)(C)C1(C)C. The van der Waals surface area contributed by atoms with Gasteiger partial charge in [-0.1, -0.05) is 60.2 Å². The molecule has 1 aromatic carbocycles. The van der Waals surface area contributed by atoms with E-state index >= 15 is 0 Å². The first-order valence-corrected chi connectivity index (χ1v) is 8.86. The number of para-hydroxylation sites is 1. The van der Waals surface area contributed by atoms with E-state index < -0.39 is 5.41 Å². The monoisotopic (exact) mass is 341 g/mol. The maximum atomic E-state index is 13.1. The molecule has 25 heavy (non-hydrogen) atoms. The zero-order valence-corrected chi connectivity index (χ0v) is 15.4. The van der Waals surface area contributed by atoms with Crippen molar-refractivity contribution >= 4 is 23.0 Å². The van der Waals surface area contributed by atoms with Gasteiger partial charge in [0.05, 0.1) is 11.1 Å². The molecule has 136 valence electrons. The molecule has 1 heterocycles. The summed E-state index contributed by atoms with van der Waals surface area (Å²) >= 11 is 0. The van der Waals surface area contributed by atoms with Gasteiger partial charge in [-0.25, -0.2) is 0 Å². The number of carbonyl (C=O) groups is 2. The van der Waals surface area contributed by atoms with Crippen molar-refractivity contribution in [3.05, 3.63) is 29.8 Å². The van der Waals surface area contributed by atoms with E-state index in [1.165, 1.54) is 5.56 Å². The fraction of sp³-hybridized carbons (Fsp3) is 0.591. The number of benzene rings is 1.